The maximum atomic E-state index is 6.23. The molecule has 4 rings (SSSR count). The van der Waals surface area contributed by atoms with Crippen LogP contribution in [0.2, 0.25) is 5.02 Å². The fourth-order valence-corrected chi connectivity index (χ4v) is 2.49. The number of halogens is 1. The standard InChI is InChI=1S/C12H9ClN8/c1-20-12-8(17-18-20)5-9(11(14)15-12)21-10-6(13)3-2-4-7(10)16-19-21/h2-5H,1H3,(H2,14,15). The van der Waals surface area contributed by atoms with Gasteiger partial charge >= 0.3 is 0 Å². The van der Waals surface area contributed by atoms with Crippen LogP contribution in [0.25, 0.3) is 27.9 Å². The molecule has 0 spiro atoms. The number of aryl methyl sites for hydroxylation is 1. The molecule has 3 aromatic heterocycles. The first kappa shape index (κ1) is 12.0. The summed E-state index contributed by atoms with van der Waals surface area (Å²) >= 11 is 6.23. The Bertz CT molecular complexity index is 986. The summed E-state index contributed by atoms with van der Waals surface area (Å²) in [5, 5.41) is 16.7. The summed E-state index contributed by atoms with van der Waals surface area (Å²) in [6.07, 6.45) is 0. The molecule has 0 bridgehead atoms. The average molecular weight is 301 g/mol. The zero-order valence-electron chi connectivity index (χ0n) is 10.9. The zero-order chi connectivity index (χ0) is 14.6. The predicted molar refractivity (Wildman–Crippen MR) is 78.1 cm³/mol. The van der Waals surface area contributed by atoms with Gasteiger partial charge in [0.2, 0.25) is 0 Å². The molecule has 21 heavy (non-hydrogen) atoms. The van der Waals surface area contributed by atoms with Crippen LogP contribution in [0.3, 0.4) is 0 Å². The molecule has 1 aromatic carbocycles. The highest BCUT2D eigenvalue weighted by Gasteiger charge is 2.15. The lowest BCUT2D eigenvalue weighted by atomic mass is 10.3. The predicted octanol–water partition coefficient (Wildman–Crippen LogP) is 1.33. The highest BCUT2D eigenvalue weighted by atomic mass is 35.5. The van der Waals surface area contributed by atoms with Crippen molar-refractivity contribution in [3.05, 3.63) is 29.3 Å². The quantitative estimate of drug-likeness (QED) is 0.569. The molecule has 8 nitrogen and oxygen atoms in total. The van der Waals surface area contributed by atoms with E-state index in [1.165, 1.54) is 0 Å². The van der Waals surface area contributed by atoms with Crippen molar-refractivity contribution in [2.24, 2.45) is 7.05 Å². The molecule has 104 valence electrons. The van der Waals surface area contributed by atoms with E-state index in [-0.39, 0.29) is 0 Å². The second-order valence-corrected chi connectivity index (χ2v) is 4.96. The van der Waals surface area contributed by atoms with Crippen molar-refractivity contribution in [1.82, 2.24) is 35.0 Å². The van der Waals surface area contributed by atoms with Gasteiger partial charge in [-0.2, -0.15) is 0 Å². The first-order valence-corrected chi connectivity index (χ1v) is 6.49. The molecule has 4 aromatic rings. The number of hydrogen-bond donors (Lipinski definition) is 1. The number of pyridine rings is 1. The second-order valence-electron chi connectivity index (χ2n) is 4.56. The summed E-state index contributed by atoms with van der Waals surface area (Å²) in [5.74, 6) is 0.305. The minimum absolute atomic E-state index is 0.305. The number of nitrogen functional groups attached to an aromatic ring is 1. The van der Waals surface area contributed by atoms with Crippen LogP contribution < -0.4 is 5.73 Å². The number of benzene rings is 1. The Morgan fingerprint density at radius 3 is 2.81 bits per heavy atom. The molecule has 0 saturated carbocycles. The Kier molecular flexibility index (Phi) is 2.36. The van der Waals surface area contributed by atoms with Crippen molar-refractivity contribution < 1.29 is 0 Å². The highest BCUT2D eigenvalue weighted by Crippen LogP contribution is 2.27. The molecule has 0 radical (unpaired) electrons. The SMILES string of the molecule is Cn1nnc2cc(-n3nnc4cccc(Cl)c43)c(N)nc21. The topological polar surface area (TPSA) is 100 Å². The first-order valence-electron chi connectivity index (χ1n) is 6.11. The number of hydrogen-bond acceptors (Lipinski definition) is 6. The number of fused-ring (bicyclic) bond motifs is 2. The maximum Gasteiger partial charge on any atom is 0.180 e. The molecule has 0 aliphatic heterocycles. The van der Waals surface area contributed by atoms with Crippen molar-refractivity contribution in [1.29, 1.82) is 0 Å². The van der Waals surface area contributed by atoms with E-state index in [2.05, 4.69) is 25.6 Å². The monoisotopic (exact) mass is 300 g/mol. The maximum absolute atomic E-state index is 6.23. The molecule has 3 heterocycles. The third-order valence-electron chi connectivity index (χ3n) is 3.23. The summed E-state index contributed by atoms with van der Waals surface area (Å²) in [6.45, 7) is 0. The van der Waals surface area contributed by atoms with Gasteiger partial charge in [0.1, 0.15) is 22.2 Å². The van der Waals surface area contributed by atoms with Gasteiger partial charge in [0.25, 0.3) is 0 Å². The summed E-state index contributed by atoms with van der Waals surface area (Å²) < 4.78 is 3.12. The van der Waals surface area contributed by atoms with Crippen LogP contribution in [-0.2, 0) is 7.05 Å². The zero-order valence-corrected chi connectivity index (χ0v) is 11.7. The number of nitrogens with two attached hydrogens (primary N) is 1. The van der Waals surface area contributed by atoms with Gasteiger partial charge in [0.05, 0.1) is 5.02 Å². The van der Waals surface area contributed by atoms with Crippen LogP contribution in [0.4, 0.5) is 5.82 Å². The van der Waals surface area contributed by atoms with Crippen LogP contribution in [0, 0.1) is 0 Å². The lowest BCUT2D eigenvalue weighted by Crippen LogP contribution is -2.05. The number of rotatable bonds is 1. The van der Waals surface area contributed by atoms with Crippen LogP contribution in [-0.4, -0.2) is 35.0 Å². The van der Waals surface area contributed by atoms with E-state index >= 15 is 0 Å². The van der Waals surface area contributed by atoms with Gasteiger partial charge in [-0.25, -0.2) is 14.3 Å². The number of nitrogens with zero attached hydrogens (tertiary/aromatic N) is 7. The molecule has 0 unspecified atom stereocenters. The summed E-state index contributed by atoms with van der Waals surface area (Å²) in [7, 11) is 1.75. The number of para-hydroxylation sites is 1. The molecule has 0 saturated heterocycles. The first-order chi connectivity index (χ1) is 10.1. The molecular weight excluding hydrogens is 292 g/mol. The van der Waals surface area contributed by atoms with Crippen molar-refractivity contribution in [3.63, 3.8) is 0 Å². The largest absolute Gasteiger partial charge is 0.382 e. The summed E-state index contributed by atoms with van der Waals surface area (Å²) in [5.41, 5.74) is 9.19. The van der Waals surface area contributed by atoms with Gasteiger partial charge in [-0.05, 0) is 18.2 Å². The highest BCUT2D eigenvalue weighted by molar-refractivity contribution is 6.35. The van der Waals surface area contributed by atoms with E-state index in [9.17, 15) is 0 Å². The average Bonchev–Trinajstić information content (AvgIpc) is 3.04. The minimum Gasteiger partial charge on any atom is -0.382 e. The lowest BCUT2D eigenvalue weighted by Gasteiger charge is -2.06. The Balaban J connectivity index is 2.06. The van der Waals surface area contributed by atoms with E-state index in [0.717, 1.165) is 0 Å². The Morgan fingerprint density at radius 2 is 1.95 bits per heavy atom. The van der Waals surface area contributed by atoms with Crippen molar-refractivity contribution in [3.8, 4) is 5.69 Å². The third kappa shape index (κ3) is 1.66. The van der Waals surface area contributed by atoms with Crippen LogP contribution in [0.15, 0.2) is 24.3 Å². The van der Waals surface area contributed by atoms with Crippen molar-refractivity contribution >= 4 is 39.6 Å². The fourth-order valence-electron chi connectivity index (χ4n) is 2.24. The van der Waals surface area contributed by atoms with E-state index in [4.69, 9.17) is 17.3 Å². The van der Waals surface area contributed by atoms with Crippen LogP contribution in [0.5, 0.6) is 0 Å². The second kappa shape index (κ2) is 4.13. The summed E-state index contributed by atoms with van der Waals surface area (Å²) in [4.78, 5) is 4.31. The fraction of sp³-hybridized carbons (Fsp3) is 0.0833. The molecule has 0 fully saturated rings. The third-order valence-corrected chi connectivity index (χ3v) is 3.54. The Morgan fingerprint density at radius 1 is 1.14 bits per heavy atom. The Labute approximate surface area is 123 Å². The van der Waals surface area contributed by atoms with Crippen LogP contribution >= 0.6 is 11.6 Å². The van der Waals surface area contributed by atoms with E-state index < -0.39 is 0 Å². The number of aromatic nitrogens is 7. The molecule has 0 aliphatic carbocycles. The molecular formula is C12H9ClN8. The molecule has 0 amide bonds. The normalized spacial score (nSPS) is 11.5. The van der Waals surface area contributed by atoms with Gasteiger partial charge in [-0.3, -0.25) is 0 Å². The van der Waals surface area contributed by atoms with Crippen LogP contribution in [0.1, 0.15) is 0 Å². The summed E-state index contributed by atoms with van der Waals surface area (Å²) in [6, 6.07) is 7.18. The van der Waals surface area contributed by atoms with Gasteiger partial charge in [0.15, 0.2) is 11.5 Å². The van der Waals surface area contributed by atoms with E-state index in [0.29, 0.717) is 38.7 Å². The Hall–Kier alpha value is -2.74. The van der Waals surface area contributed by atoms with Gasteiger partial charge in [0, 0.05) is 7.05 Å². The minimum atomic E-state index is 0.305. The molecule has 0 atom stereocenters. The van der Waals surface area contributed by atoms with Gasteiger partial charge in [-0.15, -0.1) is 10.2 Å². The van der Waals surface area contributed by atoms with E-state index in [1.54, 1.807) is 28.5 Å². The van der Waals surface area contributed by atoms with Crippen molar-refractivity contribution in [2.45, 2.75) is 0 Å². The van der Waals surface area contributed by atoms with Gasteiger partial charge < -0.3 is 5.73 Å². The smallest absolute Gasteiger partial charge is 0.180 e. The molecule has 0 aliphatic rings. The molecule has 2 N–H and O–H groups in total. The van der Waals surface area contributed by atoms with E-state index in [1.807, 2.05) is 12.1 Å². The number of anilines is 1. The van der Waals surface area contributed by atoms with Gasteiger partial charge in [-0.1, -0.05) is 28.1 Å². The lowest BCUT2D eigenvalue weighted by molar-refractivity contribution is 0.730. The molecule has 9 heteroatoms. The van der Waals surface area contributed by atoms with Crippen molar-refractivity contribution in [2.75, 3.05) is 5.73 Å².